The molecule has 4 rings (SSSR count). The molecule has 0 radical (unpaired) electrons. The maximum absolute atomic E-state index is 13.7. The number of benzene rings is 1. The number of pyridine rings is 1. The number of fused-ring (bicyclic) bond motifs is 1. The molecule has 0 unspecified atom stereocenters. The summed E-state index contributed by atoms with van der Waals surface area (Å²) in [5.74, 6) is 0.785. The topological polar surface area (TPSA) is 77.3 Å². The third-order valence-corrected chi connectivity index (χ3v) is 6.24. The molecule has 1 amide bonds. The van der Waals surface area contributed by atoms with Crippen LogP contribution in [0, 0.1) is 6.92 Å². The molecule has 1 aromatic carbocycles. The summed E-state index contributed by atoms with van der Waals surface area (Å²) >= 11 is 1.66. The molecule has 0 aliphatic carbocycles. The van der Waals surface area contributed by atoms with Crippen LogP contribution in [0.4, 0.5) is 0 Å². The number of thioether (sulfide) groups is 1. The molecule has 0 spiro atoms. The van der Waals surface area contributed by atoms with E-state index in [-0.39, 0.29) is 11.9 Å². The first-order chi connectivity index (χ1) is 14.5. The average molecular weight is 425 g/mol. The zero-order valence-corrected chi connectivity index (χ0v) is 18.1. The lowest BCUT2D eigenvalue weighted by molar-refractivity contribution is -0.147. The molecule has 0 bridgehead atoms. The Balaban J connectivity index is 1.84. The quantitative estimate of drug-likeness (QED) is 0.599. The Morgan fingerprint density at radius 2 is 2.03 bits per heavy atom. The Hall–Kier alpha value is -2.87. The van der Waals surface area contributed by atoms with Crippen molar-refractivity contribution in [3.63, 3.8) is 0 Å². The Morgan fingerprint density at radius 3 is 2.77 bits per heavy atom. The van der Waals surface area contributed by atoms with E-state index in [0.717, 1.165) is 22.4 Å². The highest BCUT2D eigenvalue weighted by atomic mass is 32.2. The molecule has 1 atom stereocenters. The van der Waals surface area contributed by atoms with Gasteiger partial charge in [-0.05, 0) is 19.9 Å². The zero-order valence-electron chi connectivity index (χ0n) is 17.3. The van der Waals surface area contributed by atoms with Crippen molar-refractivity contribution < 1.29 is 14.3 Å². The number of esters is 1. The summed E-state index contributed by atoms with van der Waals surface area (Å²) in [5, 5.41) is 5.21. The third kappa shape index (κ3) is 3.67. The highest BCUT2D eigenvalue weighted by molar-refractivity contribution is 7.99. The second-order valence-electron chi connectivity index (χ2n) is 7.17. The SMILES string of the molecule is CCOC(=O)[C@H]1CSCCN1C(=O)c1cc(-c2ccccc2)nc2c1c(C)nn2C. The van der Waals surface area contributed by atoms with Crippen LogP contribution in [0.2, 0.25) is 0 Å². The fourth-order valence-corrected chi connectivity index (χ4v) is 4.84. The summed E-state index contributed by atoms with van der Waals surface area (Å²) in [7, 11) is 1.82. The van der Waals surface area contributed by atoms with Gasteiger partial charge in [-0.1, -0.05) is 30.3 Å². The van der Waals surface area contributed by atoms with Crippen LogP contribution in [0.15, 0.2) is 36.4 Å². The van der Waals surface area contributed by atoms with Gasteiger partial charge in [0.2, 0.25) is 0 Å². The van der Waals surface area contributed by atoms with E-state index in [2.05, 4.69) is 5.10 Å². The van der Waals surface area contributed by atoms with Crippen LogP contribution in [0.3, 0.4) is 0 Å². The van der Waals surface area contributed by atoms with Gasteiger partial charge in [0.05, 0.1) is 28.9 Å². The van der Waals surface area contributed by atoms with E-state index in [9.17, 15) is 9.59 Å². The molecule has 7 nitrogen and oxygen atoms in total. The molecule has 1 aliphatic rings. The Labute approximate surface area is 179 Å². The van der Waals surface area contributed by atoms with Gasteiger partial charge < -0.3 is 9.64 Å². The summed E-state index contributed by atoms with van der Waals surface area (Å²) in [6, 6.07) is 11.0. The molecule has 8 heteroatoms. The predicted octanol–water partition coefficient (Wildman–Crippen LogP) is 3.06. The lowest BCUT2D eigenvalue weighted by Gasteiger charge is -2.34. The van der Waals surface area contributed by atoms with Crippen molar-refractivity contribution in [1.29, 1.82) is 0 Å². The number of nitrogens with zero attached hydrogens (tertiary/aromatic N) is 4. The second kappa shape index (κ2) is 8.47. The van der Waals surface area contributed by atoms with Crippen molar-refractivity contribution in [2.24, 2.45) is 7.05 Å². The number of carbonyl (C=O) groups excluding carboxylic acids is 2. The monoisotopic (exact) mass is 424 g/mol. The molecule has 1 saturated heterocycles. The van der Waals surface area contributed by atoms with E-state index in [4.69, 9.17) is 9.72 Å². The van der Waals surface area contributed by atoms with Gasteiger partial charge in [-0.3, -0.25) is 9.48 Å². The van der Waals surface area contributed by atoms with Crippen LogP contribution in [0.1, 0.15) is 23.0 Å². The van der Waals surface area contributed by atoms with E-state index in [1.165, 1.54) is 0 Å². The van der Waals surface area contributed by atoms with Gasteiger partial charge >= 0.3 is 5.97 Å². The van der Waals surface area contributed by atoms with Crippen LogP contribution in [-0.2, 0) is 16.6 Å². The number of amides is 1. The molecule has 1 fully saturated rings. The van der Waals surface area contributed by atoms with Gasteiger partial charge in [0.1, 0.15) is 6.04 Å². The lowest BCUT2D eigenvalue weighted by atomic mass is 10.0. The zero-order chi connectivity index (χ0) is 21.3. The van der Waals surface area contributed by atoms with Crippen LogP contribution in [0.25, 0.3) is 22.3 Å². The van der Waals surface area contributed by atoms with Gasteiger partial charge in [0, 0.05) is 30.7 Å². The summed E-state index contributed by atoms with van der Waals surface area (Å²) in [6.45, 7) is 4.44. The number of rotatable bonds is 4. The van der Waals surface area contributed by atoms with Crippen molar-refractivity contribution in [2.45, 2.75) is 19.9 Å². The molecule has 3 heterocycles. The van der Waals surface area contributed by atoms with Gasteiger partial charge in [-0.25, -0.2) is 9.78 Å². The third-order valence-electron chi connectivity index (χ3n) is 5.22. The molecule has 3 aromatic rings. The van der Waals surface area contributed by atoms with Crippen molar-refractivity contribution in [2.75, 3.05) is 24.7 Å². The van der Waals surface area contributed by atoms with Crippen molar-refractivity contribution in [3.05, 3.63) is 47.7 Å². The maximum Gasteiger partial charge on any atom is 0.329 e. The largest absolute Gasteiger partial charge is 0.464 e. The first-order valence-electron chi connectivity index (χ1n) is 9.96. The van der Waals surface area contributed by atoms with E-state index in [0.29, 0.717) is 35.8 Å². The number of carbonyl (C=O) groups is 2. The highest BCUT2D eigenvalue weighted by Crippen LogP contribution is 2.29. The van der Waals surface area contributed by atoms with E-state index in [1.54, 1.807) is 28.3 Å². The summed E-state index contributed by atoms with van der Waals surface area (Å²) in [6.07, 6.45) is 0. The van der Waals surface area contributed by atoms with Gasteiger partial charge in [0.15, 0.2) is 5.65 Å². The Morgan fingerprint density at radius 1 is 1.27 bits per heavy atom. The normalized spacial score (nSPS) is 16.6. The highest BCUT2D eigenvalue weighted by Gasteiger charge is 2.35. The molecule has 0 N–H and O–H groups in total. The van der Waals surface area contributed by atoms with Gasteiger partial charge in [0.25, 0.3) is 5.91 Å². The fourth-order valence-electron chi connectivity index (χ4n) is 3.81. The minimum atomic E-state index is -0.587. The van der Waals surface area contributed by atoms with Crippen LogP contribution >= 0.6 is 11.8 Å². The lowest BCUT2D eigenvalue weighted by Crippen LogP contribution is -2.51. The Bertz CT molecular complexity index is 1100. The van der Waals surface area contributed by atoms with Crippen molar-refractivity contribution >= 4 is 34.7 Å². The number of hydrogen-bond donors (Lipinski definition) is 0. The van der Waals surface area contributed by atoms with E-state index < -0.39 is 6.04 Å². The fraction of sp³-hybridized carbons (Fsp3) is 0.364. The predicted molar refractivity (Wildman–Crippen MR) is 117 cm³/mol. The van der Waals surface area contributed by atoms with Crippen molar-refractivity contribution in [3.8, 4) is 11.3 Å². The maximum atomic E-state index is 13.7. The Kier molecular flexibility index (Phi) is 5.76. The first kappa shape index (κ1) is 20.4. The molecule has 1 aliphatic heterocycles. The number of aryl methyl sites for hydroxylation is 2. The number of ether oxygens (including phenoxy) is 1. The molecule has 30 heavy (non-hydrogen) atoms. The molecule has 156 valence electrons. The average Bonchev–Trinajstić information content (AvgIpc) is 3.07. The number of aromatic nitrogens is 3. The van der Waals surface area contributed by atoms with E-state index in [1.807, 2.05) is 50.4 Å². The molecular weight excluding hydrogens is 400 g/mol. The van der Waals surface area contributed by atoms with Crippen LogP contribution in [0.5, 0.6) is 0 Å². The molecule has 0 saturated carbocycles. The minimum absolute atomic E-state index is 0.186. The van der Waals surface area contributed by atoms with Crippen LogP contribution in [-0.4, -0.2) is 62.2 Å². The summed E-state index contributed by atoms with van der Waals surface area (Å²) in [5.41, 5.74) is 3.53. The van der Waals surface area contributed by atoms with Gasteiger partial charge in [-0.2, -0.15) is 16.9 Å². The second-order valence-corrected chi connectivity index (χ2v) is 8.32. The minimum Gasteiger partial charge on any atom is -0.464 e. The number of hydrogen-bond acceptors (Lipinski definition) is 6. The van der Waals surface area contributed by atoms with Gasteiger partial charge in [-0.15, -0.1) is 0 Å². The summed E-state index contributed by atoms with van der Waals surface area (Å²) in [4.78, 5) is 32.6. The summed E-state index contributed by atoms with van der Waals surface area (Å²) < 4.78 is 6.93. The standard InChI is InChI=1S/C22H24N4O3S/c1-4-29-22(28)18-13-30-11-10-26(18)21(27)16-12-17(15-8-6-5-7-9-15)23-20-19(16)14(2)24-25(20)3/h5-9,12,18H,4,10-11,13H2,1-3H3/t18-/m1/s1. The molecular formula is C22H24N4O3S. The first-order valence-corrected chi connectivity index (χ1v) is 11.1. The van der Waals surface area contributed by atoms with Crippen molar-refractivity contribution in [1.82, 2.24) is 19.7 Å². The molecule has 2 aromatic heterocycles. The van der Waals surface area contributed by atoms with Crippen LogP contribution < -0.4 is 0 Å². The smallest absolute Gasteiger partial charge is 0.329 e. The van der Waals surface area contributed by atoms with E-state index >= 15 is 0 Å².